The van der Waals surface area contributed by atoms with E-state index in [1.165, 1.54) is 0 Å². The molecule has 1 atom stereocenters. The Balaban J connectivity index is 1.89. The van der Waals surface area contributed by atoms with Crippen molar-refractivity contribution >= 4 is 11.8 Å². The van der Waals surface area contributed by atoms with Crippen LogP contribution < -0.4 is 5.73 Å². The fourth-order valence-electron chi connectivity index (χ4n) is 1.99. The number of hydrogen-bond acceptors (Lipinski definition) is 6. The highest BCUT2D eigenvalue weighted by Crippen LogP contribution is 2.19. The van der Waals surface area contributed by atoms with Gasteiger partial charge in [-0.25, -0.2) is 0 Å². The third-order valence-corrected chi connectivity index (χ3v) is 4.09. The lowest BCUT2D eigenvalue weighted by atomic mass is 10.3. The van der Waals surface area contributed by atoms with Crippen molar-refractivity contribution < 1.29 is 4.74 Å². The average Bonchev–Trinajstić information content (AvgIpc) is 2.69. The molecule has 1 aromatic rings. The van der Waals surface area contributed by atoms with Crippen molar-refractivity contribution in [2.24, 2.45) is 5.73 Å². The van der Waals surface area contributed by atoms with Crippen LogP contribution in [0, 0.1) is 6.92 Å². The summed E-state index contributed by atoms with van der Waals surface area (Å²) in [5.41, 5.74) is 5.60. The van der Waals surface area contributed by atoms with E-state index < -0.39 is 0 Å². The summed E-state index contributed by atoms with van der Waals surface area (Å²) >= 11 is 1.70. The molecule has 1 aliphatic heterocycles. The van der Waals surface area contributed by atoms with Crippen molar-refractivity contribution in [3.63, 3.8) is 0 Å². The first-order valence-electron chi connectivity index (χ1n) is 6.23. The molecule has 0 saturated carbocycles. The second kappa shape index (κ2) is 6.51. The fourth-order valence-corrected chi connectivity index (χ4v) is 3.00. The maximum absolute atomic E-state index is 5.73. The molecule has 0 spiro atoms. The summed E-state index contributed by atoms with van der Waals surface area (Å²) in [7, 11) is 2.13. The van der Waals surface area contributed by atoms with Crippen LogP contribution in [0.2, 0.25) is 0 Å². The molecule has 0 radical (unpaired) electrons. The standard InChI is InChI=1S/C11H21N5OS/c1-9-13-14-11(16(9)4-3-12)18-8-10-7-15(2)5-6-17-10/h10H,3-8,12H2,1-2H3. The highest BCUT2D eigenvalue weighted by molar-refractivity contribution is 7.99. The van der Waals surface area contributed by atoms with Crippen LogP contribution in [-0.4, -0.2) is 64.8 Å². The summed E-state index contributed by atoms with van der Waals surface area (Å²) in [5.74, 6) is 1.83. The summed E-state index contributed by atoms with van der Waals surface area (Å²) in [5, 5.41) is 9.23. The topological polar surface area (TPSA) is 69.2 Å². The molecule has 0 aliphatic carbocycles. The Hall–Kier alpha value is -0.630. The Morgan fingerprint density at radius 2 is 2.33 bits per heavy atom. The number of morpholine rings is 1. The van der Waals surface area contributed by atoms with Gasteiger partial charge in [0.25, 0.3) is 0 Å². The van der Waals surface area contributed by atoms with Gasteiger partial charge >= 0.3 is 0 Å². The summed E-state index contributed by atoms with van der Waals surface area (Å²) in [6.45, 7) is 6.15. The van der Waals surface area contributed by atoms with Crippen molar-refractivity contribution in [3.8, 4) is 0 Å². The Morgan fingerprint density at radius 1 is 1.50 bits per heavy atom. The van der Waals surface area contributed by atoms with E-state index in [-0.39, 0.29) is 6.10 Å². The molecular weight excluding hydrogens is 250 g/mol. The number of hydrogen-bond donors (Lipinski definition) is 1. The minimum Gasteiger partial charge on any atom is -0.375 e. The van der Waals surface area contributed by atoms with E-state index in [1.807, 2.05) is 6.92 Å². The third-order valence-electron chi connectivity index (χ3n) is 2.99. The quantitative estimate of drug-likeness (QED) is 0.758. The first-order valence-corrected chi connectivity index (χ1v) is 7.22. The Labute approximate surface area is 112 Å². The number of thioether (sulfide) groups is 1. The average molecular weight is 271 g/mol. The normalized spacial score (nSPS) is 21.4. The zero-order chi connectivity index (χ0) is 13.0. The van der Waals surface area contributed by atoms with Crippen LogP contribution in [0.4, 0.5) is 0 Å². The lowest BCUT2D eigenvalue weighted by molar-refractivity contribution is -0.00601. The first kappa shape index (κ1) is 13.8. The molecule has 0 amide bonds. The zero-order valence-corrected chi connectivity index (χ0v) is 11.8. The van der Waals surface area contributed by atoms with E-state index in [9.17, 15) is 0 Å². The number of ether oxygens (including phenoxy) is 1. The Bertz CT molecular complexity index is 384. The molecule has 0 aromatic carbocycles. The van der Waals surface area contributed by atoms with E-state index in [2.05, 4.69) is 26.7 Å². The molecule has 1 unspecified atom stereocenters. The molecule has 2 N–H and O–H groups in total. The van der Waals surface area contributed by atoms with Gasteiger partial charge in [-0.05, 0) is 14.0 Å². The van der Waals surface area contributed by atoms with Crippen LogP contribution in [0.1, 0.15) is 5.82 Å². The molecule has 6 nitrogen and oxygen atoms in total. The van der Waals surface area contributed by atoms with E-state index in [0.717, 1.165) is 43.0 Å². The second-order valence-corrected chi connectivity index (χ2v) is 5.52. The van der Waals surface area contributed by atoms with Crippen LogP contribution >= 0.6 is 11.8 Å². The van der Waals surface area contributed by atoms with Crippen molar-refractivity contribution in [3.05, 3.63) is 5.82 Å². The van der Waals surface area contributed by atoms with Gasteiger partial charge in [0.15, 0.2) is 5.16 Å². The van der Waals surface area contributed by atoms with Gasteiger partial charge in [-0.3, -0.25) is 0 Å². The molecule has 1 fully saturated rings. The molecule has 1 aromatic heterocycles. The van der Waals surface area contributed by atoms with Gasteiger partial charge in [0.2, 0.25) is 0 Å². The van der Waals surface area contributed by atoms with Crippen LogP contribution in [0.3, 0.4) is 0 Å². The number of rotatable bonds is 5. The Kier molecular flexibility index (Phi) is 4.99. The fraction of sp³-hybridized carbons (Fsp3) is 0.818. The van der Waals surface area contributed by atoms with E-state index in [4.69, 9.17) is 10.5 Å². The highest BCUT2D eigenvalue weighted by atomic mass is 32.2. The molecule has 2 rings (SSSR count). The molecule has 2 heterocycles. The number of nitrogens with two attached hydrogens (primary N) is 1. The highest BCUT2D eigenvalue weighted by Gasteiger charge is 2.19. The number of likely N-dealkylation sites (N-methyl/N-ethyl adjacent to an activating group) is 1. The van der Waals surface area contributed by atoms with Crippen molar-refractivity contribution in [1.29, 1.82) is 0 Å². The van der Waals surface area contributed by atoms with E-state index in [0.29, 0.717) is 6.54 Å². The van der Waals surface area contributed by atoms with Crippen LogP contribution in [-0.2, 0) is 11.3 Å². The molecule has 7 heteroatoms. The smallest absolute Gasteiger partial charge is 0.191 e. The van der Waals surface area contributed by atoms with Gasteiger partial charge in [0.1, 0.15) is 5.82 Å². The van der Waals surface area contributed by atoms with Crippen LogP contribution in [0.5, 0.6) is 0 Å². The molecule has 1 saturated heterocycles. The molecule has 18 heavy (non-hydrogen) atoms. The minimum absolute atomic E-state index is 0.275. The summed E-state index contributed by atoms with van der Waals surface area (Å²) in [4.78, 5) is 2.30. The lowest BCUT2D eigenvalue weighted by Crippen LogP contribution is -2.41. The molecule has 1 aliphatic rings. The van der Waals surface area contributed by atoms with Crippen LogP contribution in [0.25, 0.3) is 0 Å². The lowest BCUT2D eigenvalue weighted by Gasteiger charge is -2.29. The van der Waals surface area contributed by atoms with Crippen LogP contribution in [0.15, 0.2) is 5.16 Å². The predicted octanol–water partition coefficient (Wildman–Crippen LogP) is -0.0321. The summed E-state index contributed by atoms with van der Waals surface area (Å²) < 4.78 is 7.80. The van der Waals surface area contributed by atoms with E-state index >= 15 is 0 Å². The largest absolute Gasteiger partial charge is 0.375 e. The van der Waals surface area contributed by atoms with Gasteiger partial charge in [-0.2, -0.15) is 0 Å². The van der Waals surface area contributed by atoms with Gasteiger partial charge in [-0.1, -0.05) is 11.8 Å². The zero-order valence-electron chi connectivity index (χ0n) is 11.0. The number of aryl methyl sites for hydroxylation is 1. The molecular formula is C11H21N5OS. The van der Waals surface area contributed by atoms with Crippen molar-refractivity contribution in [2.45, 2.75) is 24.7 Å². The minimum atomic E-state index is 0.275. The Morgan fingerprint density at radius 3 is 3.06 bits per heavy atom. The van der Waals surface area contributed by atoms with Gasteiger partial charge in [-0.15, -0.1) is 10.2 Å². The maximum Gasteiger partial charge on any atom is 0.191 e. The predicted molar refractivity (Wildman–Crippen MR) is 71.8 cm³/mol. The maximum atomic E-state index is 5.73. The number of nitrogens with zero attached hydrogens (tertiary/aromatic N) is 4. The first-order chi connectivity index (χ1) is 8.70. The van der Waals surface area contributed by atoms with Gasteiger partial charge in [0.05, 0.1) is 12.7 Å². The second-order valence-electron chi connectivity index (χ2n) is 4.54. The summed E-state index contributed by atoms with van der Waals surface area (Å²) in [6.07, 6.45) is 0.275. The van der Waals surface area contributed by atoms with Gasteiger partial charge < -0.3 is 19.9 Å². The SMILES string of the molecule is Cc1nnc(SCC2CN(C)CCO2)n1CCN. The monoisotopic (exact) mass is 271 g/mol. The number of aromatic nitrogens is 3. The molecule has 0 bridgehead atoms. The third kappa shape index (κ3) is 3.44. The van der Waals surface area contributed by atoms with E-state index in [1.54, 1.807) is 11.8 Å². The van der Waals surface area contributed by atoms with Crippen molar-refractivity contribution in [2.75, 3.05) is 39.0 Å². The van der Waals surface area contributed by atoms with Crippen molar-refractivity contribution in [1.82, 2.24) is 19.7 Å². The molecule has 102 valence electrons. The summed E-state index contributed by atoms with van der Waals surface area (Å²) in [6, 6.07) is 0. The van der Waals surface area contributed by atoms with Gasteiger partial charge in [0, 0.05) is 31.9 Å².